The first-order chi connectivity index (χ1) is 24.3. The molecule has 0 saturated heterocycles. The van der Waals surface area contributed by atoms with Crippen LogP contribution in [0.5, 0.6) is 0 Å². The first-order valence-corrected chi connectivity index (χ1v) is 17.5. The molecule has 49 heavy (non-hydrogen) atoms. The minimum Gasteiger partial charge on any atom is -0.246 e. The van der Waals surface area contributed by atoms with Crippen molar-refractivity contribution in [2.75, 3.05) is 0 Å². The van der Waals surface area contributed by atoms with Gasteiger partial charge in [-0.05, 0) is 73.8 Å². The summed E-state index contributed by atoms with van der Waals surface area (Å²) in [5.74, 6) is 0. The molecule has 228 valence electrons. The van der Waals surface area contributed by atoms with Crippen LogP contribution in [0.1, 0.15) is 0 Å². The monoisotopic (exact) mass is 639 g/mol. The standard InChI is InChI=1S/C47H29NS/c1-2-11-30(12-3-1)37-28-35-14-5-6-17-38(35)42(29-37)33-23-21-31(22-24-33)34-15-10-16-36(27-34)45-44-40-19-8-9-20-43(40)49-47(44)41-26-25-32-13-4-7-18-39(32)46(41)48-45/h1-29H. The second-order valence-electron chi connectivity index (χ2n) is 12.7. The highest BCUT2D eigenvalue weighted by Crippen LogP contribution is 2.44. The molecule has 0 N–H and O–H groups in total. The van der Waals surface area contributed by atoms with Crippen molar-refractivity contribution >= 4 is 64.0 Å². The van der Waals surface area contributed by atoms with Gasteiger partial charge in [-0.3, -0.25) is 0 Å². The Bertz CT molecular complexity index is 2860. The molecule has 1 nitrogen and oxygen atoms in total. The summed E-state index contributed by atoms with van der Waals surface area (Å²) in [6, 6.07) is 63.7. The minimum atomic E-state index is 1.04. The molecule has 0 atom stereocenters. The van der Waals surface area contributed by atoms with Gasteiger partial charge in [0.1, 0.15) is 0 Å². The molecule has 0 amide bonds. The van der Waals surface area contributed by atoms with Gasteiger partial charge < -0.3 is 0 Å². The van der Waals surface area contributed by atoms with Gasteiger partial charge >= 0.3 is 0 Å². The van der Waals surface area contributed by atoms with Crippen molar-refractivity contribution < 1.29 is 0 Å². The summed E-state index contributed by atoms with van der Waals surface area (Å²) >= 11 is 1.87. The Morgan fingerprint density at radius 1 is 0.367 bits per heavy atom. The Kier molecular flexibility index (Phi) is 6.43. The van der Waals surface area contributed by atoms with E-state index in [4.69, 9.17) is 4.98 Å². The van der Waals surface area contributed by atoms with Crippen LogP contribution in [0.4, 0.5) is 0 Å². The highest BCUT2D eigenvalue weighted by Gasteiger charge is 2.18. The zero-order valence-electron chi connectivity index (χ0n) is 26.6. The summed E-state index contributed by atoms with van der Waals surface area (Å²) in [5.41, 5.74) is 10.5. The van der Waals surface area contributed by atoms with E-state index >= 15 is 0 Å². The highest BCUT2D eigenvalue weighted by molar-refractivity contribution is 7.26. The zero-order valence-corrected chi connectivity index (χ0v) is 27.4. The molecule has 0 aliphatic heterocycles. The van der Waals surface area contributed by atoms with E-state index in [2.05, 4.69) is 176 Å². The quantitative estimate of drug-likeness (QED) is 0.175. The van der Waals surface area contributed by atoms with E-state index in [1.807, 2.05) is 11.3 Å². The van der Waals surface area contributed by atoms with Crippen LogP contribution in [0.15, 0.2) is 176 Å². The Hall–Kier alpha value is -6.09. The molecule has 0 bridgehead atoms. The van der Waals surface area contributed by atoms with Crippen LogP contribution in [0.2, 0.25) is 0 Å². The predicted octanol–water partition coefficient (Wildman–Crippen LogP) is 13.6. The lowest BCUT2D eigenvalue weighted by molar-refractivity contribution is 1.44. The summed E-state index contributed by atoms with van der Waals surface area (Å²) in [5, 5.41) is 8.63. The van der Waals surface area contributed by atoms with E-state index in [-0.39, 0.29) is 0 Å². The summed E-state index contributed by atoms with van der Waals surface area (Å²) in [4.78, 5) is 5.48. The van der Waals surface area contributed by atoms with Gasteiger partial charge in [0.25, 0.3) is 0 Å². The average Bonchev–Trinajstić information content (AvgIpc) is 3.57. The van der Waals surface area contributed by atoms with E-state index < -0.39 is 0 Å². The Morgan fingerprint density at radius 2 is 1.02 bits per heavy atom. The molecule has 0 radical (unpaired) electrons. The average molecular weight is 640 g/mol. The SMILES string of the molecule is c1ccc(-c2cc(-c3ccc(-c4cccc(-c5nc6c7ccccc7ccc6c6sc7ccccc7c56)c4)cc3)c3ccccc3c2)cc1. The largest absolute Gasteiger partial charge is 0.246 e. The van der Waals surface area contributed by atoms with Gasteiger partial charge in [0.15, 0.2) is 0 Å². The number of hydrogen-bond acceptors (Lipinski definition) is 2. The maximum absolute atomic E-state index is 5.48. The van der Waals surface area contributed by atoms with Gasteiger partial charge in [-0.25, -0.2) is 4.98 Å². The smallest absolute Gasteiger partial charge is 0.0803 e. The van der Waals surface area contributed by atoms with Crippen molar-refractivity contribution in [2.45, 2.75) is 0 Å². The maximum atomic E-state index is 5.48. The van der Waals surface area contributed by atoms with Crippen LogP contribution < -0.4 is 0 Å². The number of rotatable bonds is 4. The molecular weight excluding hydrogens is 611 g/mol. The van der Waals surface area contributed by atoms with Gasteiger partial charge in [0.05, 0.1) is 11.2 Å². The summed E-state index contributed by atoms with van der Waals surface area (Å²) in [6.45, 7) is 0. The normalized spacial score (nSPS) is 11.7. The third kappa shape index (κ3) is 4.64. The van der Waals surface area contributed by atoms with Crippen LogP contribution >= 0.6 is 11.3 Å². The second kappa shape index (κ2) is 11.3. The molecule has 0 spiro atoms. The number of hydrogen-bond donors (Lipinski definition) is 0. The van der Waals surface area contributed by atoms with Crippen molar-refractivity contribution in [2.24, 2.45) is 0 Å². The number of aromatic nitrogens is 1. The molecule has 2 heteroatoms. The third-order valence-electron chi connectivity index (χ3n) is 9.84. The molecule has 10 aromatic rings. The van der Waals surface area contributed by atoms with Gasteiger partial charge in [0, 0.05) is 36.5 Å². The first-order valence-electron chi connectivity index (χ1n) is 16.7. The molecule has 0 aliphatic rings. The van der Waals surface area contributed by atoms with Gasteiger partial charge in [-0.1, -0.05) is 152 Å². The van der Waals surface area contributed by atoms with E-state index in [9.17, 15) is 0 Å². The molecule has 2 aromatic heterocycles. The zero-order chi connectivity index (χ0) is 32.3. The molecule has 8 aromatic carbocycles. The van der Waals surface area contributed by atoms with Gasteiger partial charge in [-0.15, -0.1) is 11.3 Å². The fourth-order valence-electron chi connectivity index (χ4n) is 7.44. The number of benzene rings is 8. The minimum absolute atomic E-state index is 1.04. The van der Waals surface area contributed by atoms with Crippen LogP contribution in [0.3, 0.4) is 0 Å². The van der Waals surface area contributed by atoms with Crippen LogP contribution in [0, 0.1) is 0 Å². The molecule has 0 fully saturated rings. The van der Waals surface area contributed by atoms with Crippen LogP contribution in [0.25, 0.3) is 97.3 Å². The molecule has 10 rings (SSSR count). The van der Waals surface area contributed by atoms with E-state index in [1.165, 1.54) is 80.5 Å². The van der Waals surface area contributed by atoms with E-state index in [1.54, 1.807) is 0 Å². The van der Waals surface area contributed by atoms with Crippen molar-refractivity contribution in [1.29, 1.82) is 0 Å². The maximum Gasteiger partial charge on any atom is 0.0803 e. The highest BCUT2D eigenvalue weighted by atomic mass is 32.1. The predicted molar refractivity (Wildman–Crippen MR) is 211 cm³/mol. The van der Waals surface area contributed by atoms with Crippen molar-refractivity contribution in [1.82, 2.24) is 4.98 Å². The summed E-state index contributed by atoms with van der Waals surface area (Å²) in [7, 11) is 0. The lowest BCUT2D eigenvalue weighted by Gasteiger charge is -2.13. The van der Waals surface area contributed by atoms with Crippen LogP contribution in [-0.2, 0) is 0 Å². The molecule has 2 heterocycles. The fourth-order valence-corrected chi connectivity index (χ4v) is 8.67. The van der Waals surface area contributed by atoms with Crippen LogP contribution in [-0.4, -0.2) is 4.98 Å². The Labute approximate surface area is 288 Å². The number of fused-ring (bicyclic) bond motifs is 8. The van der Waals surface area contributed by atoms with Crippen molar-refractivity contribution in [3.63, 3.8) is 0 Å². The molecular formula is C47H29NS. The Balaban J connectivity index is 1.12. The third-order valence-corrected chi connectivity index (χ3v) is 11.0. The van der Waals surface area contributed by atoms with Crippen molar-refractivity contribution in [3.05, 3.63) is 176 Å². The second-order valence-corrected chi connectivity index (χ2v) is 13.8. The van der Waals surface area contributed by atoms with Gasteiger partial charge in [-0.2, -0.15) is 0 Å². The van der Waals surface area contributed by atoms with E-state index in [0.717, 1.165) is 16.8 Å². The molecule has 0 unspecified atom stereocenters. The fraction of sp³-hybridized carbons (Fsp3) is 0. The lowest BCUT2D eigenvalue weighted by Crippen LogP contribution is -1.90. The first kappa shape index (κ1) is 28.0. The summed E-state index contributed by atoms with van der Waals surface area (Å²) in [6.07, 6.45) is 0. The molecule has 0 saturated carbocycles. The summed E-state index contributed by atoms with van der Waals surface area (Å²) < 4.78 is 2.59. The molecule has 0 aliphatic carbocycles. The number of thiophene rings is 1. The van der Waals surface area contributed by atoms with Crippen molar-refractivity contribution in [3.8, 4) is 44.6 Å². The number of nitrogens with zero attached hydrogens (tertiary/aromatic N) is 1. The number of pyridine rings is 1. The van der Waals surface area contributed by atoms with Gasteiger partial charge in [0.2, 0.25) is 0 Å². The Morgan fingerprint density at radius 3 is 1.88 bits per heavy atom. The lowest BCUT2D eigenvalue weighted by atomic mass is 9.92. The topological polar surface area (TPSA) is 12.9 Å². The van der Waals surface area contributed by atoms with E-state index in [0.29, 0.717) is 0 Å².